The summed E-state index contributed by atoms with van der Waals surface area (Å²) in [6, 6.07) is 3.82. The van der Waals surface area contributed by atoms with Gasteiger partial charge in [-0.15, -0.1) is 0 Å². The third-order valence-corrected chi connectivity index (χ3v) is 4.44. The number of halogens is 1. The number of thioether (sulfide) groups is 1. The van der Waals surface area contributed by atoms with E-state index in [9.17, 15) is 0 Å². The number of rotatable bonds is 5. The summed E-state index contributed by atoms with van der Waals surface area (Å²) in [5, 5.41) is 5.92. The van der Waals surface area contributed by atoms with Crippen molar-refractivity contribution in [2.24, 2.45) is 12.8 Å². The zero-order valence-electron chi connectivity index (χ0n) is 11.0. The first-order valence-corrected chi connectivity index (χ1v) is 7.38. The predicted octanol–water partition coefficient (Wildman–Crippen LogP) is 3.04. The second-order valence-corrected chi connectivity index (χ2v) is 5.97. The van der Waals surface area contributed by atoms with Crippen LogP contribution in [0.4, 0.5) is 0 Å². The highest BCUT2D eigenvalue weighted by Gasteiger charge is 2.21. The van der Waals surface area contributed by atoms with Crippen LogP contribution in [0, 0.1) is 0 Å². The van der Waals surface area contributed by atoms with E-state index in [0.717, 1.165) is 17.0 Å². The topological polar surface area (TPSA) is 56.7 Å². The minimum atomic E-state index is 0.0617. The van der Waals surface area contributed by atoms with Gasteiger partial charge in [0.25, 0.3) is 0 Å². The highest BCUT2D eigenvalue weighted by Crippen LogP contribution is 2.37. The molecule has 0 aliphatic rings. The molecule has 2 atom stereocenters. The number of nitrogens with zero attached hydrogens (tertiary/aromatic N) is 3. The largest absolute Gasteiger partial charge is 0.326 e. The molecule has 0 radical (unpaired) electrons. The zero-order valence-corrected chi connectivity index (χ0v) is 12.5. The maximum atomic E-state index is 6.22. The summed E-state index contributed by atoms with van der Waals surface area (Å²) >= 11 is 7.50. The average Bonchev–Trinajstić information content (AvgIpc) is 2.83. The van der Waals surface area contributed by atoms with Gasteiger partial charge in [0.1, 0.15) is 0 Å². The van der Waals surface area contributed by atoms with Crippen LogP contribution in [0.15, 0.2) is 35.7 Å². The fourth-order valence-corrected chi connectivity index (χ4v) is 3.02. The van der Waals surface area contributed by atoms with E-state index in [1.165, 1.54) is 0 Å². The summed E-state index contributed by atoms with van der Waals surface area (Å²) in [5.74, 6) is 0. The van der Waals surface area contributed by atoms with Gasteiger partial charge in [-0.1, -0.05) is 30.3 Å². The van der Waals surface area contributed by atoms with Crippen LogP contribution >= 0.6 is 23.4 Å². The Kier molecular flexibility index (Phi) is 4.85. The summed E-state index contributed by atoms with van der Waals surface area (Å²) < 4.78 is 1.79. The molecule has 2 unspecified atom stereocenters. The van der Waals surface area contributed by atoms with E-state index in [1.54, 1.807) is 22.6 Å². The van der Waals surface area contributed by atoms with E-state index < -0.39 is 0 Å². The lowest BCUT2D eigenvalue weighted by Gasteiger charge is -2.20. The maximum Gasteiger partial charge on any atom is 0.0967 e. The fourth-order valence-electron chi connectivity index (χ4n) is 1.77. The highest BCUT2D eigenvalue weighted by molar-refractivity contribution is 7.99. The molecule has 2 N–H and O–H groups in total. The Hall–Kier alpha value is -1.04. The minimum absolute atomic E-state index is 0.0617. The zero-order chi connectivity index (χ0) is 13.8. The third-order valence-electron chi connectivity index (χ3n) is 2.86. The number of aryl methyl sites for hydroxylation is 1. The standard InChI is InChI=1S/C13H17ClN4S/c1-3-11(15)13(9-6-17-18(2)8-9)19-12-5-4-10(14)7-16-12/h4-8,11,13H,3,15H2,1-2H3. The quantitative estimate of drug-likeness (QED) is 0.862. The van der Waals surface area contributed by atoms with Crippen LogP contribution in [0.25, 0.3) is 0 Å². The molecule has 0 aromatic carbocycles. The summed E-state index contributed by atoms with van der Waals surface area (Å²) in [5.41, 5.74) is 7.35. The van der Waals surface area contributed by atoms with E-state index >= 15 is 0 Å². The molecule has 0 saturated carbocycles. The van der Waals surface area contributed by atoms with Gasteiger partial charge < -0.3 is 5.73 Å². The van der Waals surface area contributed by atoms with Gasteiger partial charge in [-0.3, -0.25) is 4.68 Å². The summed E-state index contributed by atoms with van der Waals surface area (Å²) in [6.45, 7) is 2.09. The van der Waals surface area contributed by atoms with Gasteiger partial charge in [-0.2, -0.15) is 5.10 Å². The number of hydrogen-bond acceptors (Lipinski definition) is 4. The molecule has 0 bridgehead atoms. The SMILES string of the molecule is CCC(N)C(Sc1ccc(Cl)cn1)c1cnn(C)c1. The molecule has 0 saturated heterocycles. The third kappa shape index (κ3) is 3.72. The molecule has 0 aliphatic heterocycles. The van der Waals surface area contributed by atoms with Crippen molar-refractivity contribution in [3.63, 3.8) is 0 Å². The van der Waals surface area contributed by atoms with E-state index in [4.69, 9.17) is 17.3 Å². The highest BCUT2D eigenvalue weighted by atomic mass is 35.5. The molecule has 6 heteroatoms. The first kappa shape index (κ1) is 14.4. The van der Waals surface area contributed by atoms with Gasteiger partial charge in [-0.25, -0.2) is 4.98 Å². The lowest BCUT2D eigenvalue weighted by atomic mass is 10.1. The predicted molar refractivity (Wildman–Crippen MR) is 79.3 cm³/mol. The van der Waals surface area contributed by atoms with Crippen molar-refractivity contribution in [2.75, 3.05) is 0 Å². The smallest absolute Gasteiger partial charge is 0.0967 e. The molecule has 19 heavy (non-hydrogen) atoms. The van der Waals surface area contributed by atoms with Crippen molar-refractivity contribution in [3.05, 3.63) is 41.3 Å². The molecule has 2 aromatic rings. The monoisotopic (exact) mass is 296 g/mol. The Bertz CT molecular complexity index is 526. The minimum Gasteiger partial charge on any atom is -0.326 e. The Morgan fingerprint density at radius 1 is 1.42 bits per heavy atom. The molecule has 2 heterocycles. The number of pyridine rings is 1. The van der Waals surface area contributed by atoms with E-state index in [2.05, 4.69) is 17.0 Å². The van der Waals surface area contributed by atoms with E-state index in [-0.39, 0.29) is 11.3 Å². The first-order chi connectivity index (χ1) is 9.10. The van der Waals surface area contributed by atoms with Gasteiger partial charge in [0.2, 0.25) is 0 Å². The summed E-state index contributed by atoms with van der Waals surface area (Å²) in [4.78, 5) is 4.32. The second kappa shape index (κ2) is 6.41. The lowest BCUT2D eigenvalue weighted by Crippen LogP contribution is -2.25. The van der Waals surface area contributed by atoms with Crippen molar-refractivity contribution in [3.8, 4) is 0 Å². The van der Waals surface area contributed by atoms with Crippen LogP contribution in [0.2, 0.25) is 5.02 Å². The molecule has 0 spiro atoms. The molecule has 2 rings (SSSR count). The number of hydrogen-bond donors (Lipinski definition) is 1. The van der Waals surface area contributed by atoms with Crippen LogP contribution in [0.1, 0.15) is 24.2 Å². The molecule has 0 aliphatic carbocycles. The van der Waals surface area contributed by atoms with Crippen molar-refractivity contribution < 1.29 is 0 Å². The Morgan fingerprint density at radius 2 is 2.21 bits per heavy atom. The summed E-state index contributed by atoms with van der Waals surface area (Å²) in [7, 11) is 1.91. The van der Waals surface area contributed by atoms with Gasteiger partial charge >= 0.3 is 0 Å². The van der Waals surface area contributed by atoms with Crippen LogP contribution < -0.4 is 5.73 Å². The molecule has 2 aromatic heterocycles. The van der Waals surface area contributed by atoms with Crippen LogP contribution in [-0.4, -0.2) is 20.8 Å². The summed E-state index contributed by atoms with van der Waals surface area (Å²) in [6.07, 6.45) is 6.42. The normalized spacial score (nSPS) is 14.3. The second-order valence-electron chi connectivity index (χ2n) is 4.37. The molecular formula is C13H17ClN4S. The molecule has 0 amide bonds. The van der Waals surface area contributed by atoms with Crippen molar-refractivity contribution in [2.45, 2.75) is 29.7 Å². The number of aromatic nitrogens is 3. The van der Waals surface area contributed by atoms with Crippen LogP contribution in [0.5, 0.6) is 0 Å². The van der Waals surface area contributed by atoms with Gasteiger partial charge in [-0.05, 0) is 18.6 Å². The first-order valence-electron chi connectivity index (χ1n) is 6.12. The van der Waals surface area contributed by atoms with Crippen molar-refractivity contribution in [1.82, 2.24) is 14.8 Å². The van der Waals surface area contributed by atoms with Gasteiger partial charge in [0.15, 0.2) is 0 Å². The van der Waals surface area contributed by atoms with Crippen molar-refractivity contribution >= 4 is 23.4 Å². The molecular weight excluding hydrogens is 280 g/mol. The average molecular weight is 297 g/mol. The molecule has 0 fully saturated rings. The van der Waals surface area contributed by atoms with Crippen molar-refractivity contribution in [1.29, 1.82) is 0 Å². The van der Waals surface area contributed by atoms with Gasteiger partial charge in [0.05, 0.1) is 21.5 Å². The van der Waals surface area contributed by atoms with Crippen LogP contribution in [0.3, 0.4) is 0 Å². The maximum absolute atomic E-state index is 6.22. The lowest BCUT2D eigenvalue weighted by molar-refractivity contribution is 0.633. The molecule has 4 nitrogen and oxygen atoms in total. The van der Waals surface area contributed by atoms with E-state index in [1.807, 2.05) is 31.6 Å². The Morgan fingerprint density at radius 3 is 2.74 bits per heavy atom. The molecule has 102 valence electrons. The Balaban J connectivity index is 2.21. The van der Waals surface area contributed by atoms with E-state index in [0.29, 0.717) is 5.02 Å². The fraction of sp³-hybridized carbons (Fsp3) is 0.385. The van der Waals surface area contributed by atoms with Crippen LogP contribution in [-0.2, 0) is 7.05 Å². The number of nitrogens with two attached hydrogens (primary N) is 1. The Labute approximate surface area is 122 Å². The van der Waals surface area contributed by atoms with Gasteiger partial charge in [0, 0.05) is 31.0 Å².